The van der Waals surface area contributed by atoms with Crippen LogP contribution in [0.15, 0.2) is 18.2 Å². The van der Waals surface area contributed by atoms with Crippen LogP contribution in [0.4, 0.5) is 4.39 Å². The Morgan fingerprint density at radius 2 is 1.94 bits per heavy atom. The molecule has 3 N–H and O–H groups in total. The molecule has 2 atom stereocenters. The van der Waals surface area contributed by atoms with Gasteiger partial charge in [-0.25, -0.2) is 4.39 Å². The summed E-state index contributed by atoms with van der Waals surface area (Å²) < 4.78 is 13.6. The highest BCUT2D eigenvalue weighted by atomic mass is 35.5. The molecule has 1 aromatic carbocycles. The molecule has 2 nitrogen and oxygen atoms in total. The first kappa shape index (κ1) is 17.6. The summed E-state index contributed by atoms with van der Waals surface area (Å²) in [5.41, 5.74) is 6.05. The average molecular weight is 296 g/mol. The molecule has 0 spiro atoms. The minimum absolute atomic E-state index is 0. The zero-order valence-corrected chi connectivity index (χ0v) is 12.1. The molecule has 0 amide bonds. The Morgan fingerprint density at radius 1 is 1.33 bits per heavy atom. The predicted molar refractivity (Wildman–Crippen MR) is 75.7 cm³/mol. The lowest BCUT2D eigenvalue weighted by molar-refractivity contribution is 0.127. The second-order valence-electron chi connectivity index (χ2n) is 4.70. The van der Waals surface area contributed by atoms with Gasteiger partial charge < -0.3 is 10.8 Å². The van der Waals surface area contributed by atoms with E-state index >= 15 is 0 Å². The fraction of sp³-hybridized carbons (Fsp3) is 0.538. The van der Waals surface area contributed by atoms with Crippen LogP contribution in [0.1, 0.15) is 38.3 Å². The van der Waals surface area contributed by atoms with Crippen molar-refractivity contribution in [3.63, 3.8) is 0 Å². The van der Waals surface area contributed by atoms with Crippen LogP contribution in [0.2, 0.25) is 5.02 Å². The number of hydrogen-bond acceptors (Lipinski definition) is 2. The van der Waals surface area contributed by atoms with E-state index in [-0.39, 0.29) is 23.0 Å². The average Bonchev–Trinajstić information content (AvgIpc) is 2.25. The summed E-state index contributed by atoms with van der Waals surface area (Å²) in [6, 6.07) is 3.63. The second-order valence-corrected chi connectivity index (χ2v) is 5.11. The quantitative estimate of drug-likeness (QED) is 0.870. The minimum Gasteiger partial charge on any atom is -0.391 e. The van der Waals surface area contributed by atoms with Crippen molar-refractivity contribution in [1.29, 1.82) is 0 Å². The van der Waals surface area contributed by atoms with Gasteiger partial charge in [-0.15, -0.1) is 12.4 Å². The van der Waals surface area contributed by atoms with Crippen molar-refractivity contribution in [3.8, 4) is 0 Å². The van der Waals surface area contributed by atoms with E-state index in [1.165, 1.54) is 12.1 Å². The van der Waals surface area contributed by atoms with Crippen molar-refractivity contribution < 1.29 is 9.50 Å². The highest BCUT2D eigenvalue weighted by Crippen LogP contribution is 2.28. The summed E-state index contributed by atoms with van der Waals surface area (Å²) in [5.74, 6) is 0.0153. The van der Waals surface area contributed by atoms with Gasteiger partial charge in [0.15, 0.2) is 0 Å². The molecule has 0 aliphatic carbocycles. The maximum Gasteiger partial charge on any atom is 0.129 e. The van der Waals surface area contributed by atoms with Gasteiger partial charge in [-0.2, -0.15) is 0 Å². The monoisotopic (exact) mass is 295 g/mol. The van der Waals surface area contributed by atoms with Crippen LogP contribution in [-0.4, -0.2) is 11.2 Å². The normalized spacial score (nSPS) is 14.2. The van der Waals surface area contributed by atoms with Crippen LogP contribution in [0.5, 0.6) is 0 Å². The molecule has 0 saturated heterocycles. The van der Waals surface area contributed by atoms with E-state index in [1.807, 2.05) is 0 Å². The van der Waals surface area contributed by atoms with Gasteiger partial charge in [-0.05, 0) is 30.9 Å². The second kappa shape index (κ2) is 7.95. The van der Waals surface area contributed by atoms with E-state index in [9.17, 15) is 9.50 Å². The highest BCUT2D eigenvalue weighted by molar-refractivity contribution is 6.31. The van der Waals surface area contributed by atoms with Crippen molar-refractivity contribution in [1.82, 2.24) is 0 Å². The Bertz CT molecular complexity index is 354. The Balaban J connectivity index is 0.00000289. The van der Waals surface area contributed by atoms with E-state index < -0.39 is 18.0 Å². The topological polar surface area (TPSA) is 46.2 Å². The van der Waals surface area contributed by atoms with Gasteiger partial charge in [0.1, 0.15) is 5.82 Å². The molecule has 0 bridgehead atoms. The molecule has 0 saturated carbocycles. The van der Waals surface area contributed by atoms with Crippen LogP contribution in [0, 0.1) is 11.7 Å². The highest BCUT2D eigenvalue weighted by Gasteiger charge is 2.22. The zero-order valence-electron chi connectivity index (χ0n) is 10.6. The molecule has 0 aromatic heterocycles. The van der Waals surface area contributed by atoms with Gasteiger partial charge in [-0.1, -0.05) is 31.5 Å². The van der Waals surface area contributed by atoms with Crippen molar-refractivity contribution in [2.24, 2.45) is 11.7 Å². The Hall–Kier alpha value is -0.350. The Labute approximate surface area is 119 Å². The van der Waals surface area contributed by atoms with Gasteiger partial charge >= 0.3 is 0 Å². The van der Waals surface area contributed by atoms with E-state index in [0.717, 1.165) is 6.42 Å². The fourth-order valence-electron chi connectivity index (χ4n) is 1.71. The molecule has 0 aliphatic rings. The van der Waals surface area contributed by atoms with Gasteiger partial charge in [0.25, 0.3) is 0 Å². The van der Waals surface area contributed by atoms with E-state index in [2.05, 4.69) is 13.8 Å². The minimum atomic E-state index is -0.776. The molecule has 1 aromatic rings. The largest absolute Gasteiger partial charge is 0.391 e. The first-order chi connectivity index (χ1) is 7.93. The number of rotatable bonds is 5. The summed E-state index contributed by atoms with van der Waals surface area (Å²) >= 11 is 5.90. The lowest BCUT2D eigenvalue weighted by atomic mass is 9.95. The van der Waals surface area contributed by atoms with Crippen LogP contribution in [0.3, 0.4) is 0 Å². The molecule has 104 valence electrons. The Kier molecular flexibility index (Phi) is 7.79. The molecular formula is C13H20Cl2FNO. The molecule has 0 fully saturated rings. The van der Waals surface area contributed by atoms with Crippen molar-refractivity contribution in [2.75, 3.05) is 0 Å². The van der Waals surface area contributed by atoms with E-state index in [4.69, 9.17) is 17.3 Å². The third-order valence-electron chi connectivity index (χ3n) is 2.79. The predicted octanol–water partition coefficient (Wildman–Crippen LogP) is 3.70. The van der Waals surface area contributed by atoms with Crippen molar-refractivity contribution >= 4 is 24.0 Å². The summed E-state index contributed by atoms with van der Waals surface area (Å²) in [4.78, 5) is 0. The van der Waals surface area contributed by atoms with Crippen LogP contribution in [0.25, 0.3) is 0 Å². The molecule has 0 radical (unpaired) electrons. The number of aliphatic hydroxyl groups is 1. The number of benzene rings is 1. The van der Waals surface area contributed by atoms with E-state index in [0.29, 0.717) is 12.3 Å². The van der Waals surface area contributed by atoms with Gasteiger partial charge in [0.2, 0.25) is 0 Å². The maximum atomic E-state index is 13.6. The molecule has 0 heterocycles. The maximum absolute atomic E-state index is 13.6. The standard InChI is InChI=1S/C13H19ClFNO.ClH/c1-8(2)6-7-11(17)13(16)12-9(14)4-3-5-10(12)15;/h3-5,8,11,13,17H,6-7,16H2,1-2H3;1H/t11-,13-;/m0./s1. The smallest absolute Gasteiger partial charge is 0.129 e. The van der Waals surface area contributed by atoms with Gasteiger partial charge in [0.05, 0.1) is 12.1 Å². The first-order valence-corrected chi connectivity index (χ1v) is 6.18. The van der Waals surface area contributed by atoms with Crippen molar-refractivity contribution in [2.45, 2.75) is 38.8 Å². The van der Waals surface area contributed by atoms with E-state index in [1.54, 1.807) is 6.07 Å². The first-order valence-electron chi connectivity index (χ1n) is 5.81. The fourth-order valence-corrected chi connectivity index (χ4v) is 1.99. The van der Waals surface area contributed by atoms with Crippen molar-refractivity contribution in [3.05, 3.63) is 34.6 Å². The molecule has 0 aliphatic heterocycles. The number of hydrogen-bond donors (Lipinski definition) is 2. The summed E-state index contributed by atoms with van der Waals surface area (Å²) in [7, 11) is 0. The number of halogens is 3. The summed E-state index contributed by atoms with van der Waals surface area (Å²) in [6.07, 6.45) is 0.622. The van der Waals surface area contributed by atoms with Gasteiger partial charge in [0, 0.05) is 10.6 Å². The molecule has 1 rings (SSSR count). The molecule has 5 heteroatoms. The molecule has 0 unspecified atom stereocenters. The number of nitrogens with two attached hydrogens (primary N) is 1. The van der Waals surface area contributed by atoms with Crippen LogP contribution < -0.4 is 5.73 Å². The van der Waals surface area contributed by atoms with Crippen LogP contribution >= 0.6 is 24.0 Å². The number of aliphatic hydroxyl groups excluding tert-OH is 1. The SMILES string of the molecule is CC(C)CC[C@H](O)[C@H](N)c1c(F)cccc1Cl.Cl. The summed E-state index contributed by atoms with van der Waals surface area (Å²) in [6.45, 7) is 4.13. The third-order valence-corrected chi connectivity index (χ3v) is 3.12. The zero-order chi connectivity index (χ0) is 13.0. The molecule has 18 heavy (non-hydrogen) atoms. The summed E-state index contributed by atoms with van der Waals surface area (Å²) in [5, 5.41) is 10.2. The molecular weight excluding hydrogens is 276 g/mol. The third kappa shape index (κ3) is 4.73. The lowest BCUT2D eigenvalue weighted by Crippen LogP contribution is -2.27. The van der Waals surface area contributed by atoms with Gasteiger partial charge in [-0.3, -0.25) is 0 Å². The van der Waals surface area contributed by atoms with Crippen LogP contribution in [-0.2, 0) is 0 Å². The lowest BCUT2D eigenvalue weighted by Gasteiger charge is -2.21. The Morgan fingerprint density at radius 3 is 2.44 bits per heavy atom.